The van der Waals surface area contributed by atoms with Gasteiger partial charge in [-0.2, -0.15) is 10.2 Å². The van der Waals surface area contributed by atoms with Gasteiger partial charge in [0.15, 0.2) is 15.4 Å². The van der Waals surface area contributed by atoms with E-state index in [0.717, 1.165) is 11.3 Å². The summed E-state index contributed by atoms with van der Waals surface area (Å²) in [6.45, 7) is 0. The smallest absolute Gasteiger partial charge is 0.308 e. The molecule has 1 aromatic rings. The van der Waals surface area contributed by atoms with Gasteiger partial charge < -0.3 is 9.94 Å². The second kappa shape index (κ2) is 6.54. The van der Waals surface area contributed by atoms with Crippen LogP contribution in [0.3, 0.4) is 0 Å². The number of sulfone groups is 1. The lowest BCUT2D eigenvalue weighted by Crippen LogP contribution is -2.58. The molecule has 0 aromatic heterocycles. The van der Waals surface area contributed by atoms with E-state index in [0.29, 0.717) is 10.6 Å². The van der Waals surface area contributed by atoms with Crippen molar-refractivity contribution in [2.45, 2.75) is 16.9 Å². The molecule has 1 aliphatic heterocycles. The molecule has 1 aromatic carbocycles. The SMILES string of the molecule is COC(=O)CC1(N(C)O)C(=O)N(C)N=C1c1ccc(S(C)(=O)=O)cc1. The summed E-state index contributed by atoms with van der Waals surface area (Å²) in [7, 11) is 0.426. The van der Waals surface area contributed by atoms with Crippen molar-refractivity contribution in [2.24, 2.45) is 5.10 Å². The molecule has 1 unspecified atom stereocenters. The molecule has 9 nitrogen and oxygen atoms in total. The van der Waals surface area contributed by atoms with Crippen LogP contribution in [0.25, 0.3) is 0 Å². The summed E-state index contributed by atoms with van der Waals surface area (Å²) in [5.41, 5.74) is -1.24. The number of nitrogens with zero attached hydrogens (tertiary/aromatic N) is 3. The van der Waals surface area contributed by atoms with Crippen molar-refractivity contribution in [3.05, 3.63) is 29.8 Å². The van der Waals surface area contributed by atoms with Crippen LogP contribution in [0.15, 0.2) is 34.3 Å². The summed E-state index contributed by atoms with van der Waals surface area (Å²) in [6.07, 6.45) is 0.627. The molecular weight excluding hydrogens is 350 g/mol. The van der Waals surface area contributed by atoms with Gasteiger partial charge in [-0.3, -0.25) is 9.59 Å². The van der Waals surface area contributed by atoms with Crippen LogP contribution in [0.2, 0.25) is 0 Å². The highest BCUT2D eigenvalue weighted by molar-refractivity contribution is 7.90. The summed E-state index contributed by atoms with van der Waals surface area (Å²) in [5.74, 6) is -1.31. The van der Waals surface area contributed by atoms with Crippen molar-refractivity contribution < 1.29 is 28.0 Å². The predicted molar refractivity (Wildman–Crippen MR) is 87.8 cm³/mol. The van der Waals surface area contributed by atoms with Crippen molar-refractivity contribution in [3.8, 4) is 0 Å². The first-order valence-electron chi connectivity index (χ1n) is 7.21. The van der Waals surface area contributed by atoms with E-state index in [1.54, 1.807) is 0 Å². The van der Waals surface area contributed by atoms with Crippen LogP contribution >= 0.6 is 0 Å². The maximum absolute atomic E-state index is 12.6. The lowest BCUT2D eigenvalue weighted by atomic mass is 9.85. The van der Waals surface area contributed by atoms with Gasteiger partial charge in [-0.1, -0.05) is 12.1 Å². The summed E-state index contributed by atoms with van der Waals surface area (Å²) in [5, 5.41) is 15.9. The number of likely N-dealkylation sites (N-methyl/N-ethyl adjacent to an activating group) is 2. The molecule has 0 saturated carbocycles. The molecule has 1 atom stereocenters. The number of hydrazone groups is 1. The van der Waals surface area contributed by atoms with Gasteiger partial charge in [-0.05, 0) is 12.1 Å². The third-order valence-corrected chi connectivity index (χ3v) is 5.15. The highest BCUT2D eigenvalue weighted by Gasteiger charge is 2.55. The number of ether oxygens (including phenoxy) is 1. The second-order valence-corrected chi connectivity index (χ2v) is 7.73. The fraction of sp³-hybridized carbons (Fsp3) is 0.400. The predicted octanol–water partition coefficient (Wildman–Crippen LogP) is -0.111. The summed E-state index contributed by atoms with van der Waals surface area (Å²) in [4.78, 5) is 24.6. The van der Waals surface area contributed by atoms with Crippen molar-refractivity contribution >= 4 is 27.4 Å². The third-order valence-electron chi connectivity index (χ3n) is 4.03. The number of rotatable bonds is 5. The minimum atomic E-state index is -3.38. The van der Waals surface area contributed by atoms with Gasteiger partial charge in [-0.15, -0.1) is 0 Å². The summed E-state index contributed by atoms with van der Waals surface area (Å²) < 4.78 is 27.8. The number of esters is 1. The fourth-order valence-corrected chi connectivity index (χ4v) is 3.28. The first-order valence-corrected chi connectivity index (χ1v) is 9.10. The van der Waals surface area contributed by atoms with Crippen LogP contribution in [0, 0.1) is 0 Å². The maximum Gasteiger partial charge on any atom is 0.308 e. The fourth-order valence-electron chi connectivity index (χ4n) is 2.65. The average molecular weight is 369 g/mol. The van der Waals surface area contributed by atoms with Gasteiger partial charge >= 0.3 is 5.97 Å². The number of carbonyl (C=O) groups excluding carboxylic acids is 2. The first-order chi connectivity index (χ1) is 11.5. The Morgan fingerprint density at radius 3 is 2.36 bits per heavy atom. The number of hydroxylamine groups is 2. The number of benzene rings is 1. The zero-order valence-corrected chi connectivity index (χ0v) is 15.1. The lowest BCUT2D eigenvalue weighted by molar-refractivity contribution is -0.171. The van der Waals surface area contributed by atoms with E-state index >= 15 is 0 Å². The molecule has 25 heavy (non-hydrogen) atoms. The molecule has 0 aliphatic carbocycles. The van der Waals surface area contributed by atoms with Gasteiger partial charge in [0.1, 0.15) is 5.71 Å². The van der Waals surface area contributed by atoms with Crippen LogP contribution in [-0.4, -0.2) is 74.3 Å². The van der Waals surface area contributed by atoms with Gasteiger partial charge in [0.2, 0.25) is 0 Å². The molecule has 0 spiro atoms. The highest BCUT2D eigenvalue weighted by atomic mass is 32.2. The molecular formula is C15H19N3O6S. The monoisotopic (exact) mass is 369 g/mol. The van der Waals surface area contributed by atoms with Crippen LogP contribution in [0.4, 0.5) is 0 Å². The number of amides is 1. The molecule has 1 aliphatic rings. The largest absolute Gasteiger partial charge is 0.469 e. The standard InChI is InChI=1S/C15H19N3O6S/c1-17-14(20)15(18(2)21,9-12(19)24-3)13(16-17)10-5-7-11(8-6-10)25(4,22)23/h5-8,21H,9H2,1-4H3. The normalized spacial score (nSPS) is 20.8. The molecule has 10 heteroatoms. The van der Waals surface area contributed by atoms with E-state index in [9.17, 15) is 23.2 Å². The van der Waals surface area contributed by atoms with Crippen LogP contribution in [-0.2, 0) is 24.2 Å². The Morgan fingerprint density at radius 2 is 1.92 bits per heavy atom. The Morgan fingerprint density at radius 1 is 1.36 bits per heavy atom. The first kappa shape index (κ1) is 19.0. The number of methoxy groups -OCH3 is 1. The molecule has 2 rings (SSSR count). The van der Waals surface area contributed by atoms with Crippen molar-refractivity contribution in [1.29, 1.82) is 0 Å². The molecule has 136 valence electrons. The molecule has 1 amide bonds. The molecule has 0 radical (unpaired) electrons. The Hall–Kier alpha value is -2.30. The topological polar surface area (TPSA) is 117 Å². The zero-order valence-electron chi connectivity index (χ0n) is 14.3. The summed E-state index contributed by atoms with van der Waals surface area (Å²) in [6, 6.07) is 5.68. The molecule has 0 saturated heterocycles. The number of hydrogen-bond donors (Lipinski definition) is 1. The van der Waals surface area contributed by atoms with E-state index in [1.165, 1.54) is 45.5 Å². The van der Waals surface area contributed by atoms with Crippen molar-refractivity contribution in [3.63, 3.8) is 0 Å². The van der Waals surface area contributed by atoms with Gasteiger partial charge in [-0.25, -0.2) is 13.4 Å². The van der Waals surface area contributed by atoms with Crippen LogP contribution in [0.1, 0.15) is 12.0 Å². The molecule has 1 heterocycles. The number of carbonyl (C=O) groups is 2. The van der Waals surface area contributed by atoms with Crippen LogP contribution in [0.5, 0.6) is 0 Å². The lowest BCUT2D eigenvalue weighted by Gasteiger charge is -2.32. The second-order valence-electron chi connectivity index (χ2n) is 5.71. The van der Waals surface area contributed by atoms with E-state index in [2.05, 4.69) is 9.84 Å². The summed E-state index contributed by atoms with van der Waals surface area (Å²) >= 11 is 0. The van der Waals surface area contributed by atoms with Gasteiger partial charge in [0, 0.05) is 25.9 Å². The molecule has 0 bridgehead atoms. The quantitative estimate of drug-likeness (QED) is 0.568. The highest BCUT2D eigenvalue weighted by Crippen LogP contribution is 2.32. The van der Waals surface area contributed by atoms with Crippen molar-refractivity contribution in [2.75, 3.05) is 27.5 Å². The zero-order chi connectivity index (χ0) is 19.0. The van der Waals surface area contributed by atoms with Gasteiger partial charge in [0.05, 0.1) is 18.4 Å². The average Bonchev–Trinajstić information content (AvgIpc) is 2.80. The third kappa shape index (κ3) is 3.28. The van der Waals surface area contributed by atoms with E-state index in [1.807, 2.05) is 0 Å². The maximum atomic E-state index is 12.6. The molecule has 0 fully saturated rings. The Balaban J connectivity index is 2.57. The van der Waals surface area contributed by atoms with E-state index < -0.39 is 33.7 Å². The van der Waals surface area contributed by atoms with Crippen LogP contribution < -0.4 is 0 Å². The minimum Gasteiger partial charge on any atom is -0.469 e. The Labute approximate surface area is 145 Å². The van der Waals surface area contributed by atoms with Gasteiger partial charge in [0.25, 0.3) is 5.91 Å². The van der Waals surface area contributed by atoms with Crippen molar-refractivity contribution in [1.82, 2.24) is 10.1 Å². The minimum absolute atomic E-state index is 0.102. The number of hydrogen-bond acceptors (Lipinski definition) is 8. The van der Waals surface area contributed by atoms with E-state index in [-0.39, 0.29) is 10.6 Å². The Kier molecular flexibility index (Phi) is 4.98. The Bertz CT molecular complexity index is 831. The van der Waals surface area contributed by atoms with E-state index in [4.69, 9.17) is 0 Å². The molecule has 1 N–H and O–H groups in total.